The van der Waals surface area contributed by atoms with Gasteiger partial charge in [-0.3, -0.25) is 10.1 Å². The average Bonchev–Trinajstić information content (AvgIpc) is 2.02. The predicted octanol–water partition coefficient (Wildman–Crippen LogP) is 1.91. The summed E-state index contributed by atoms with van der Waals surface area (Å²) in [7, 11) is 0. The number of nitro groups is 1. The van der Waals surface area contributed by atoms with Crippen molar-refractivity contribution in [3.8, 4) is 0 Å². The van der Waals surface area contributed by atoms with Gasteiger partial charge in [-0.05, 0) is 19.4 Å². The van der Waals surface area contributed by atoms with E-state index in [1.54, 1.807) is 26.0 Å². The summed E-state index contributed by atoms with van der Waals surface area (Å²) in [6.07, 6.45) is 0.491. The van der Waals surface area contributed by atoms with Crippen molar-refractivity contribution in [2.24, 2.45) is 0 Å². The van der Waals surface area contributed by atoms with Crippen LogP contribution in [0.4, 0.5) is 5.69 Å². The molecule has 0 aliphatic heterocycles. The van der Waals surface area contributed by atoms with Crippen molar-refractivity contribution in [1.29, 1.82) is 0 Å². The molecular formula is C10H13NO3. The van der Waals surface area contributed by atoms with Crippen LogP contribution >= 0.6 is 0 Å². The van der Waals surface area contributed by atoms with E-state index in [1.165, 1.54) is 12.1 Å². The molecule has 0 aromatic heterocycles. The molecule has 76 valence electrons. The van der Waals surface area contributed by atoms with Gasteiger partial charge in [-0.15, -0.1) is 0 Å². The van der Waals surface area contributed by atoms with Crippen LogP contribution in [0.25, 0.3) is 0 Å². The summed E-state index contributed by atoms with van der Waals surface area (Å²) >= 11 is 0. The maximum atomic E-state index is 10.4. The lowest BCUT2D eigenvalue weighted by Gasteiger charge is -2.16. The van der Waals surface area contributed by atoms with Gasteiger partial charge in [0.05, 0.1) is 10.5 Å². The Kier molecular flexibility index (Phi) is 2.86. The topological polar surface area (TPSA) is 63.4 Å². The molecule has 0 bridgehead atoms. The molecule has 0 unspecified atom stereocenters. The summed E-state index contributed by atoms with van der Waals surface area (Å²) in [6.45, 7) is 3.41. The molecular weight excluding hydrogens is 182 g/mol. The maximum absolute atomic E-state index is 10.4. The Hall–Kier alpha value is -1.42. The zero-order chi connectivity index (χ0) is 10.8. The van der Waals surface area contributed by atoms with Gasteiger partial charge in [-0.25, -0.2) is 0 Å². The second kappa shape index (κ2) is 3.75. The van der Waals surface area contributed by atoms with Crippen LogP contribution in [-0.4, -0.2) is 15.6 Å². The molecule has 1 aromatic carbocycles. The number of aliphatic hydroxyl groups is 1. The first-order chi connectivity index (χ1) is 6.38. The van der Waals surface area contributed by atoms with Gasteiger partial charge >= 0.3 is 0 Å². The van der Waals surface area contributed by atoms with Crippen LogP contribution < -0.4 is 0 Å². The minimum atomic E-state index is -0.782. The van der Waals surface area contributed by atoms with Gasteiger partial charge in [0.15, 0.2) is 0 Å². The standard InChI is InChI=1S/C10H13NO3/c1-10(2,12)7-8-3-5-9(6-4-8)11(13)14/h3-6,12H,7H2,1-2H3. The fourth-order valence-electron chi connectivity index (χ4n) is 1.24. The molecule has 1 N–H and O–H groups in total. The van der Waals surface area contributed by atoms with Crippen LogP contribution in [0.15, 0.2) is 24.3 Å². The Morgan fingerprint density at radius 3 is 2.21 bits per heavy atom. The molecule has 0 fully saturated rings. The molecule has 0 aliphatic rings. The van der Waals surface area contributed by atoms with Gasteiger partial charge in [-0.2, -0.15) is 0 Å². The minimum absolute atomic E-state index is 0.0736. The van der Waals surface area contributed by atoms with Crippen molar-refractivity contribution >= 4 is 5.69 Å². The third-order valence-electron chi connectivity index (χ3n) is 1.78. The lowest BCUT2D eigenvalue weighted by atomic mass is 9.99. The molecule has 0 atom stereocenters. The molecule has 0 heterocycles. The first-order valence-corrected chi connectivity index (χ1v) is 4.34. The zero-order valence-corrected chi connectivity index (χ0v) is 8.23. The number of non-ortho nitro benzene ring substituents is 1. The van der Waals surface area contributed by atoms with E-state index in [-0.39, 0.29) is 5.69 Å². The Morgan fingerprint density at radius 1 is 1.36 bits per heavy atom. The smallest absolute Gasteiger partial charge is 0.269 e. The molecule has 14 heavy (non-hydrogen) atoms. The molecule has 1 rings (SSSR count). The van der Waals surface area contributed by atoms with Crippen molar-refractivity contribution in [3.05, 3.63) is 39.9 Å². The Morgan fingerprint density at radius 2 is 1.86 bits per heavy atom. The number of rotatable bonds is 3. The van der Waals surface area contributed by atoms with Gasteiger partial charge in [0.25, 0.3) is 5.69 Å². The second-order valence-electron chi connectivity index (χ2n) is 3.91. The summed E-state index contributed by atoms with van der Waals surface area (Å²) in [5.41, 5.74) is 0.184. The normalized spacial score (nSPS) is 11.4. The number of hydrogen-bond donors (Lipinski definition) is 1. The summed E-state index contributed by atoms with van der Waals surface area (Å²) in [4.78, 5) is 9.92. The Labute approximate surface area is 82.3 Å². The van der Waals surface area contributed by atoms with E-state index in [0.717, 1.165) is 5.56 Å². The third-order valence-corrected chi connectivity index (χ3v) is 1.78. The molecule has 1 aromatic rings. The predicted molar refractivity (Wildman–Crippen MR) is 53.1 cm³/mol. The molecule has 0 radical (unpaired) electrons. The quantitative estimate of drug-likeness (QED) is 0.591. The van der Waals surface area contributed by atoms with E-state index < -0.39 is 10.5 Å². The lowest BCUT2D eigenvalue weighted by Crippen LogP contribution is -2.21. The number of nitro benzene ring substituents is 1. The molecule has 4 nitrogen and oxygen atoms in total. The first-order valence-electron chi connectivity index (χ1n) is 4.34. The van der Waals surface area contributed by atoms with E-state index in [0.29, 0.717) is 6.42 Å². The van der Waals surface area contributed by atoms with Crippen molar-refractivity contribution in [3.63, 3.8) is 0 Å². The highest BCUT2D eigenvalue weighted by molar-refractivity contribution is 5.33. The van der Waals surface area contributed by atoms with E-state index in [9.17, 15) is 15.2 Å². The fraction of sp³-hybridized carbons (Fsp3) is 0.400. The van der Waals surface area contributed by atoms with Crippen molar-refractivity contribution < 1.29 is 10.0 Å². The monoisotopic (exact) mass is 195 g/mol. The fourth-order valence-corrected chi connectivity index (χ4v) is 1.24. The average molecular weight is 195 g/mol. The highest BCUT2D eigenvalue weighted by Gasteiger charge is 2.14. The first kappa shape index (κ1) is 10.7. The molecule has 0 saturated carbocycles. The van der Waals surface area contributed by atoms with Crippen molar-refractivity contribution in [1.82, 2.24) is 0 Å². The SMILES string of the molecule is CC(C)(O)Cc1ccc([N+](=O)[O-])cc1. The molecule has 0 aliphatic carbocycles. The molecule has 0 spiro atoms. The van der Waals surface area contributed by atoms with Gasteiger partial charge in [0.2, 0.25) is 0 Å². The van der Waals surface area contributed by atoms with Crippen LogP contribution in [-0.2, 0) is 6.42 Å². The summed E-state index contributed by atoms with van der Waals surface area (Å²) in [5.74, 6) is 0. The van der Waals surface area contributed by atoms with Crippen LogP contribution in [0.1, 0.15) is 19.4 Å². The number of benzene rings is 1. The van der Waals surface area contributed by atoms with Gasteiger partial charge in [0, 0.05) is 18.6 Å². The van der Waals surface area contributed by atoms with Crippen LogP contribution in [0.3, 0.4) is 0 Å². The summed E-state index contributed by atoms with van der Waals surface area (Å²) in [6, 6.07) is 6.22. The number of hydrogen-bond acceptors (Lipinski definition) is 3. The second-order valence-corrected chi connectivity index (χ2v) is 3.91. The Balaban J connectivity index is 2.79. The number of nitrogens with zero attached hydrogens (tertiary/aromatic N) is 1. The van der Waals surface area contributed by atoms with E-state index in [4.69, 9.17) is 0 Å². The molecule has 0 saturated heterocycles. The van der Waals surface area contributed by atoms with Gasteiger partial charge in [0.1, 0.15) is 0 Å². The summed E-state index contributed by atoms with van der Waals surface area (Å²) < 4.78 is 0. The Bertz CT molecular complexity index is 324. The third kappa shape index (κ3) is 3.14. The maximum Gasteiger partial charge on any atom is 0.269 e. The molecule has 0 amide bonds. The van der Waals surface area contributed by atoms with Crippen molar-refractivity contribution in [2.75, 3.05) is 0 Å². The van der Waals surface area contributed by atoms with Gasteiger partial charge in [-0.1, -0.05) is 12.1 Å². The van der Waals surface area contributed by atoms with Crippen LogP contribution in [0, 0.1) is 10.1 Å². The van der Waals surface area contributed by atoms with Crippen LogP contribution in [0.5, 0.6) is 0 Å². The lowest BCUT2D eigenvalue weighted by molar-refractivity contribution is -0.384. The van der Waals surface area contributed by atoms with Crippen LogP contribution in [0.2, 0.25) is 0 Å². The highest BCUT2D eigenvalue weighted by Crippen LogP contribution is 2.16. The van der Waals surface area contributed by atoms with E-state index in [1.807, 2.05) is 0 Å². The zero-order valence-electron chi connectivity index (χ0n) is 8.23. The largest absolute Gasteiger partial charge is 0.390 e. The van der Waals surface area contributed by atoms with Crippen molar-refractivity contribution in [2.45, 2.75) is 25.9 Å². The molecule has 4 heteroatoms. The van der Waals surface area contributed by atoms with Gasteiger partial charge < -0.3 is 5.11 Å². The van der Waals surface area contributed by atoms with E-state index >= 15 is 0 Å². The van der Waals surface area contributed by atoms with E-state index in [2.05, 4.69) is 0 Å². The summed E-state index contributed by atoms with van der Waals surface area (Å²) in [5, 5.41) is 19.9. The highest BCUT2D eigenvalue weighted by atomic mass is 16.6. The minimum Gasteiger partial charge on any atom is -0.390 e.